The predicted octanol–water partition coefficient (Wildman–Crippen LogP) is 6.47. The van der Waals surface area contributed by atoms with E-state index in [1.165, 1.54) is 6.07 Å². The van der Waals surface area contributed by atoms with E-state index >= 15 is 0 Å². The first-order valence-corrected chi connectivity index (χ1v) is 15.9. The quantitative estimate of drug-likeness (QED) is 0.383. The van der Waals surface area contributed by atoms with Gasteiger partial charge in [-0.2, -0.15) is 13.2 Å². The van der Waals surface area contributed by atoms with Gasteiger partial charge in [0, 0.05) is 42.4 Å². The molecular weight excluding hydrogens is 555 g/mol. The van der Waals surface area contributed by atoms with Gasteiger partial charge in [-0.25, -0.2) is 13.1 Å². The van der Waals surface area contributed by atoms with Crippen LogP contribution in [0, 0.1) is 12.8 Å². The Kier molecular flexibility index (Phi) is 9.31. The Morgan fingerprint density at radius 1 is 1.05 bits per heavy atom. The average Bonchev–Trinajstić information content (AvgIpc) is 3.24. The van der Waals surface area contributed by atoms with Gasteiger partial charge in [0.05, 0.1) is 16.0 Å². The number of halogens is 3. The number of hydrogen-bond acceptors (Lipinski definition) is 4. The second-order valence-corrected chi connectivity index (χ2v) is 14.2. The minimum absolute atomic E-state index is 0.0137. The van der Waals surface area contributed by atoms with Crippen molar-refractivity contribution in [2.75, 3.05) is 13.2 Å². The number of hydrogen-bond donors (Lipinski definition) is 2. The summed E-state index contributed by atoms with van der Waals surface area (Å²) >= 11 is 0. The van der Waals surface area contributed by atoms with Gasteiger partial charge in [-0.15, -0.1) is 0 Å². The Balaban J connectivity index is 1.83. The number of ether oxygens (including phenoxy) is 1. The molecular formula is C30H42F3N3O4S. The van der Waals surface area contributed by atoms with E-state index in [1.807, 2.05) is 6.92 Å². The van der Waals surface area contributed by atoms with Gasteiger partial charge >= 0.3 is 6.18 Å². The minimum Gasteiger partial charge on any atom is -0.381 e. The first kappa shape index (κ1) is 31.6. The third-order valence-corrected chi connectivity index (χ3v) is 9.99. The van der Waals surface area contributed by atoms with Crippen LogP contribution in [0.5, 0.6) is 0 Å². The van der Waals surface area contributed by atoms with E-state index in [2.05, 4.69) is 17.0 Å². The second kappa shape index (κ2) is 12.1. The van der Waals surface area contributed by atoms with Gasteiger partial charge in [0.1, 0.15) is 0 Å². The number of alkyl halides is 3. The van der Waals surface area contributed by atoms with Crippen LogP contribution in [-0.2, 0) is 20.9 Å². The Morgan fingerprint density at radius 2 is 1.68 bits per heavy atom. The number of amides is 1. The largest absolute Gasteiger partial charge is 0.417 e. The lowest BCUT2D eigenvalue weighted by Crippen LogP contribution is -2.41. The normalized spacial score (nSPS) is 18.8. The fourth-order valence-corrected chi connectivity index (χ4v) is 7.79. The number of sulfonamides is 1. The standard InChI is InChI=1S/C30H42F3N3O4S/c1-19(21-9-7-6-8-10-21)27-20(2)24(28(37)34-22-13-15-40-16-14-22)18-36(27)23-11-12-26(25(17-23)30(31,32)33)41(38,39)35-29(3,4)5/h11-12,17-19,21-22,35H,6-10,13-16H2,1-5H3,(H,34,37). The summed E-state index contributed by atoms with van der Waals surface area (Å²) in [6, 6.07) is 3.25. The van der Waals surface area contributed by atoms with Gasteiger partial charge in [0.25, 0.3) is 5.91 Å². The molecule has 1 unspecified atom stereocenters. The number of rotatable bonds is 7. The summed E-state index contributed by atoms with van der Waals surface area (Å²) in [7, 11) is -4.46. The number of nitrogens with zero attached hydrogens (tertiary/aromatic N) is 1. The Hall–Kier alpha value is -2.37. The Bertz CT molecular complexity index is 1350. The van der Waals surface area contributed by atoms with Crippen LogP contribution < -0.4 is 10.0 Å². The highest BCUT2D eigenvalue weighted by Gasteiger charge is 2.39. The van der Waals surface area contributed by atoms with E-state index < -0.39 is 32.2 Å². The first-order chi connectivity index (χ1) is 19.1. The van der Waals surface area contributed by atoms with Crippen molar-refractivity contribution in [2.45, 2.75) is 108 Å². The van der Waals surface area contributed by atoms with Gasteiger partial charge in [-0.05, 0) is 89.0 Å². The Morgan fingerprint density at radius 3 is 2.27 bits per heavy atom. The summed E-state index contributed by atoms with van der Waals surface area (Å²) in [6.45, 7) is 9.76. The summed E-state index contributed by atoms with van der Waals surface area (Å²) in [5, 5.41) is 3.07. The van der Waals surface area contributed by atoms with Gasteiger partial charge in [-0.3, -0.25) is 4.79 Å². The van der Waals surface area contributed by atoms with E-state index in [0.29, 0.717) is 37.5 Å². The zero-order chi connectivity index (χ0) is 30.2. The van der Waals surface area contributed by atoms with E-state index in [0.717, 1.165) is 55.5 Å². The maximum absolute atomic E-state index is 14.4. The lowest BCUT2D eigenvalue weighted by atomic mass is 9.78. The van der Waals surface area contributed by atoms with E-state index in [1.54, 1.807) is 31.5 Å². The van der Waals surface area contributed by atoms with Crippen molar-refractivity contribution in [3.8, 4) is 5.69 Å². The summed E-state index contributed by atoms with van der Waals surface area (Å²) in [6.07, 6.45) is 3.46. The molecule has 2 heterocycles. The molecule has 2 fully saturated rings. The molecule has 41 heavy (non-hydrogen) atoms. The van der Waals surface area contributed by atoms with Crippen molar-refractivity contribution < 1.29 is 31.1 Å². The topological polar surface area (TPSA) is 89.4 Å². The van der Waals surface area contributed by atoms with Crippen LogP contribution in [0.15, 0.2) is 29.3 Å². The van der Waals surface area contributed by atoms with Crippen molar-refractivity contribution in [1.29, 1.82) is 0 Å². The fraction of sp³-hybridized carbons (Fsp3) is 0.633. The maximum atomic E-state index is 14.4. The molecule has 1 aromatic carbocycles. The van der Waals surface area contributed by atoms with Crippen molar-refractivity contribution in [1.82, 2.24) is 14.6 Å². The summed E-state index contributed by atoms with van der Waals surface area (Å²) < 4.78 is 78.5. The molecule has 7 nitrogen and oxygen atoms in total. The van der Waals surface area contributed by atoms with E-state index in [9.17, 15) is 26.4 Å². The van der Waals surface area contributed by atoms with Crippen LogP contribution in [0.4, 0.5) is 13.2 Å². The third-order valence-electron chi connectivity index (χ3n) is 8.17. The highest BCUT2D eigenvalue weighted by atomic mass is 32.2. The number of nitrogens with one attached hydrogen (secondary N) is 2. The molecule has 0 spiro atoms. The van der Waals surface area contributed by atoms with E-state index in [4.69, 9.17) is 4.74 Å². The summed E-state index contributed by atoms with van der Waals surface area (Å²) in [5.41, 5.74) is -0.125. The lowest BCUT2D eigenvalue weighted by Gasteiger charge is -2.29. The molecule has 1 saturated heterocycles. The Labute approximate surface area is 241 Å². The van der Waals surface area contributed by atoms with Crippen molar-refractivity contribution in [3.05, 3.63) is 46.8 Å². The second-order valence-electron chi connectivity index (χ2n) is 12.5. The van der Waals surface area contributed by atoms with Gasteiger partial charge in [0.2, 0.25) is 10.0 Å². The zero-order valence-corrected chi connectivity index (χ0v) is 25.3. The van der Waals surface area contributed by atoms with Crippen molar-refractivity contribution in [3.63, 3.8) is 0 Å². The van der Waals surface area contributed by atoms with Crippen LogP contribution in [0.3, 0.4) is 0 Å². The minimum atomic E-state index is -4.92. The SMILES string of the molecule is Cc1c(C(=O)NC2CCOCC2)cn(-c2ccc(S(=O)(=O)NC(C)(C)C)c(C(F)(F)F)c2)c1C(C)C1CCCCC1. The third kappa shape index (κ3) is 7.35. The molecule has 1 amide bonds. The first-order valence-electron chi connectivity index (χ1n) is 14.4. The smallest absolute Gasteiger partial charge is 0.381 e. The van der Waals surface area contributed by atoms with Gasteiger partial charge in [0.15, 0.2) is 0 Å². The lowest BCUT2D eigenvalue weighted by molar-refractivity contribution is -0.139. The van der Waals surface area contributed by atoms with Crippen LogP contribution >= 0.6 is 0 Å². The zero-order valence-electron chi connectivity index (χ0n) is 24.5. The van der Waals surface area contributed by atoms with E-state index in [-0.39, 0.29) is 23.6 Å². The van der Waals surface area contributed by atoms with Crippen molar-refractivity contribution in [2.24, 2.45) is 5.92 Å². The molecule has 11 heteroatoms. The summed E-state index contributed by atoms with van der Waals surface area (Å²) in [4.78, 5) is 12.6. The molecule has 1 atom stereocenters. The number of carbonyl (C=O) groups excluding carboxylic acids is 1. The van der Waals surface area contributed by atoms with Crippen molar-refractivity contribution >= 4 is 15.9 Å². The van der Waals surface area contributed by atoms with Crippen LogP contribution in [0.1, 0.15) is 106 Å². The molecule has 1 aliphatic heterocycles. The van der Waals surface area contributed by atoms with Gasteiger partial charge in [-0.1, -0.05) is 26.2 Å². The molecule has 0 bridgehead atoms. The predicted molar refractivity (Wildman–Crippen MR) is 152 cm³/mol. The van der Waals surface area contributed by atoms with Gasteiger partial charge < -0.3 is 14.6 Å². The molecule has 0 radical (unpaired) electrons. The fourth-order valence-electron chi connectivity index (χ4n) is 6.16. The summed E-state index contributed by atoms with van der Waals surface area (Å²) in [5.74, 6) is 0.0512. The highest BCUT2D eigenvalue weighted by Crippen LogP contribution is 2.41. The highest BCUT2D eigenvalue weighted by molar-refractivity contribution is 7.89. The number of carbonyl (C=O) groups is 1. The number of aromatic nitrogens is 1. The molecule has 1 aromatic heterocycles. The molecule has 1 saturated carbocycles. The molecule has 228 valence electrons. The number of benzene rings is 1. The van der Waals surface area contributed by atoms with Crippen LogP contribution in [0.2, 0.25) is 0 Å². The molecule has 4 rings (SSSR count). The van der Waals surface area contributed by atoms with Crippen LogP contribution in [-0.4, -0.2) is 43.7 Å². The average molecular weight is 598 g/mol. The molecule has 2 aliphatic rings. The van der Waals surface area contributed by atoms with Crippen LogP contribution in [0.25, 0.3) is 5.69 Å². The molecule has 2 aromatic rings. The monoisotopic (exact) mass is 597 g/mol. The molecule has 2 N–H and O–H groups in total. The molecule has 1 aliphatic carbocycles. The maximum Gasteiger partial charge on any atom is 0.417 e.